The minimum Gasteiger partial charge on any atom is -0.496 e. The van der Waals surface area contributed by atoms with E-state index in [1.54, 1.807) is 19.2 Å². The molecule has 4 nitrogen and oxygen atoms in total. The van der Waals surface area contributed by atoms with Gasteiger partial charge in [0.1, 0.15) is 23.9 Å². The molecule has 1 aliphatic rings. The topological polar surface area (TPSA) is 36.9 Å². The number of ether oxygens (including phenoxy) is 2. The van der Waals surface area contributed by atoms with E-state index in [1.807, 2.05) is 45.9 Å². The van der Waals surface area contributed by atoms with Gasteiger partial charge >= 0.3 is 7.12 Å². The summed E-state index contributed by atoms with van der Waals surface area (Å²) in [6.07, 6.45) is 0. The van der Waals surface area contributed by atoms with Crippen LogP contribution >= 0.6 is 0 Å². The van der Waals surface area contributed by atoms with E-state index in [1.165, 1.54) is 12.1 Å². The highest BCUT2D eigenvalue weighted by atomic mass is 19.1. The van der Waals surface area contributed by atoms with Crippen LogP contribution in [0, 0.1) is 5.82 Å². The van der Waals surface area contributed by atoms with Crippen LogP contribution in [0.4, 0.5) is 4.39 Å². The first-order valence-electron chi connectivity index (χ1n) is 8.63. The van der Waals surface area contributed by atoms with Crippen molar-refractivity contribution in [3.05, 3.63) is 53.8 Å². The molecule has 1 fully saturated rings. The van der Waals surface area contributed by atoms with Crippen LogP contribution in [0.25, 0.3) is 0 Å². The molecule has 1 heterocycles. The maximum atomic E-state index is 13.0. The summed E-state index contributed by atoms with van der Waals surface area (Å²) in [7, 11) is 1.17. The molecule has 0 spiro atoms. The summed E-state index contributed by atoms with van der Waals surface area (Å²) < 4.78 is 36.4. The molecule has 3 rings (SSSR count). The van der Waals surface area contributed by atoms with Gasteiger partial charge < -0.3 is 18.8 Å². The van der Waals surface area contributed by atoms with E-state index in [2.05, 4.69) is 0 Å². The minimum atomic E-state index is -0.449. The molecule has 0 saturated carbocycles. The van der Waals surface area contributed by atoms with Gasteiger partial charge in [0.05, 0.1) is 18.3 Å². The summed E-state index contributed by atoms with van der Waals surface area (Å²) in [6.45, 7) is 8.39. The van der Waals surface area contributed by atoms with Crippen molar-refractivity contribution in [2.75, 3.05) is 7.11 Å². The maximum Gasteiger partial charge on any atom is 0.494 e. The standard InChI is InChI=1S/C20H24BFO4/c1-19(2)20(3,4)26-21(25-19)15-6-11-18(23-5)14(12-15)13-24-17-9-7-16(22)8-10-17/h6-12H,13H2,1-5H3. The third kappa shape index (κ3) is 3.71. The van der Waals surface area contributed by atoms with E-state index in [9.17, 15) is 4.39 Å². The van der Waals surface area contributed by atoms with Crippen LogP contribution in [0.15, 0.2) is 42.5 Å². The number of halogens is 1. The van der Waals surface area contributed by atoms with Crippen LogP contribution in [-0.4, -0.2) is 25.4 Å². The van der Waals surface area contributed by atoms with E-state index in [0.717, 1.165) is 11.0 Å². The SMILES string of the molecule is COc1ccc(B2OC(C)(C)C(C)(C)O2)cc1COc1ccc(F)cc1. The van der Waals surface area contributed by atoms with Crippen molar-refractivity contribution in [3.8, 4) is 11.5 Å². The lowest BCUT2D eigenvalue weighted by molar-refractivity contribution is 0.00578. The van der Waals surface area contributed by atoms with Gasteiger partial charge in [-0.25, -0.2) is 4.39 Å². The summed E-state index contributed by atoms with van der Waals surface area (Å²) in [5, 5.41) is 0. The Morgan fingerprint density at radius 2 is 1.58 bits per heavy atom. The van der Waals surface area contributed by atoms with E-state index in [-0.39, 0.29) is 5.82 Å². The molecule has 0 aliphatic carbocycles. The summed E-state index contributed by atoms with van der Waals surface area (Å²) in [4.78, 5) is 0. The van der Waals surface area contributed by atoms with Gasteiger partial charge in [0, 0.05) is 5.56 Å². The quantitative estimate of drug-likeness (QED) is 0.764. The Kier molecular flexibility index (Phi) is 4.99. The van der Waals surface area contributed by atoms with Crippen LogP contribution in [0.5, 0.6) is 11.5 Å². The zero-order chi connectivity index (χ0) is 18.9. The molecule has 2 aromatic rings. The molecule has 0 unspecified atom stereocenters. The molecule has 0 N–H and O–H groups in total. The van der Waals surface area contributed by atoms with Crippen LogP contribution in [-0.2, 0) is 15.9 Å². The smallest absolute Gasteiger partial charge is 0.494 e. The normalized spacial score (nSPS) is 18.0. The molecule has 0 aromatic heterocycles. The number of hydrogen-bond acceptors (Lipinski definition) is 4. The van der Waals surface area contributed by atoms with Crippen molar-refractivity contribution >= 4 is 12.6 Å². The molecule has 26 heavy (non-hydrogen) atoms. The van der Waals surface area contributed by atoms with Crippen molar-refractivity contribution in [1.29, 1.82) is 0 Å². The highest BCUT2D eigenvalue weighted by Crippen LogP contribution is 2.36. The fourth-order valence-corrected chi connectivity index (χ4v) is 2.73. The largest absolute Gasteiger partial charge is 0.496 e. The Morgan fingerprint density at radius 1 is 0.962 bits per heavy atom. The fourth-order valence-electron chi connectivity index (χ4n) is 2.73. The highest BCUT2D eigenvalue weighted by Gasteiger charge is 2.51. The van der Waals surface area contributed by atoms with Gasteiger partial charge in [-0.2, -0.15) is 0 Å². The maximum absolute atomic E-state index is 13.0. The zero-order valence-electron chi connectivity index (χ0n) is 15.8. The van der Waals surface area contributed by atoms with Crippen molar-refractivity contribution < 1.29 is 23.2 Å². The van der Waals surface area contributed by atoms with E-state index < -0.39 is 18.3 Å². The van der Waals surface area contributed by atoms with Crippen molar-refractivity contribution in [2.24, 2.45) is 0 Å². The van der Waals surface area contributed by atoms with Gasteiger partial charge in [-0.1, -0.05) is 12.1 Å². The Balaban J connectivity index is 1.80. The van der Waals surface area contributed by atoms with Crippen molar-refractivity contribution in [2.45, 2.75) is 45.5 Å². The monoisotopic (exact) mass is 358 g/mol. The predicted octanol–water partition coefficient (Wildman–Crippen LogP) is 3.71. The third-order valence-electron chi connectivity index (χ3n) is 5.04. The van der Waals surface area contributed by atoms with Gasteiger partial charge in [-0.3, -0.25) is 0 Å². The van der Waals surface area contributed by atoms with Crippen molar-refractivity contribution in [1.82, 2.24) is 0 Å². The van der Waals surface area contributed by atoms with Gasteiger partial charge in [-0.05, 0) is 63.5 Å². The Hall–Kier alpha value is -2.05. The molecule has 0 atom stereocenters. The van der Waals surface area contributed by atoms with E-state index in [4.69, 9.17) is 18.8 Å². The number of methoxy groups -OCH3 is 1. The molecule has 0 bridgehead atoms. The number of benzene rings is 2. The molecular formula is C20H24BFO4. The Morgan fingerprint density at radius 3 is 2.15 bits per heavy atom. The molecule has 1 saturated heterocycles. The summed E-state index contributed by atoms with van der Waals surface area (Å²) >= 11 is 0. The molecular weight excluding hydrogens is 334 g/mol. The van der Waals surface area contributed by atoms with Crippen molar-refractivity contribution in [3.63, 3.8) is 0 Å². The average molecular weight is 358 g/mol. The lowest BCUT2D eigenvalue weighted by Crippen LogP contribution is -2.41. The van der Waals surface area contributed by atoms with Gasteiger partial charge in [-0.15, -0.1) is 0 Å². The van der Waals surface area contributed by atoms with E-state index >= 15 is 0 Å². The highest BCUT2D eigenvalue weighted by molar-refractivity contribution is 6.62. The first-order chi connectivity index (χ1) is 12.2. The van der Waals surface area contributed by atoms with Crippen LogP contribution in [0.2, 0.25) is 0 Å². The first-order valence-corrected chi connectivity index (χ1v) is 8.63. The first kappa shape index (κ1) is 18.7. The van der Waals surface area contributed by atoms with Crippen LogP contribution in [0.3, 0.4) is 0 Å². The minimum absolute atomic E-state index is 0.294. The second kappa shape index (κ2) is 6.93. The third-order valence-corrected chi connectivity index (χ3v) is 5.04. The average Bonchev–Trinajstić information content (AvgIpc) is 2.82. The van der Waals surface area contributed by atoms with Gasteiger partial charge in [0.15, 0.2) is 0 Å². The van der Waals surface area contributed by atoms with E-state index in [0.29, 0.717) is 18.1 Å². The lowest BCUT2D eigenvalue weighted by atomic mass is 9.78. The van der Waals surface area contributed by atoms with Crippen LogP contribution < -0.4 is 14.9 Å². The number of rotatable bonds is 5. The Labute approximate surface area is 154 Å². The molecule has 138 valence electrons. The summed E-state index contributed by atoms with van der Waals surface area (Å²) in [6, 6.07) is 11.7. The van der Waals surface area contributed by atoms with Gasteiger partial charge in [0.2, 0.25) is 0 Å². The predicted molar refractivity (Wildman–Crippen MR) is 99.4 cm³/mol. The molecule has 6 heteroatoms. The number of hydrogen-bond donors (Lipinski definition) is 0. The molecule has 1 aliphatic heterocycles. The molecule has 0 amide bonds. The lowest BCUT2D eigenvalue weighted by Gasteiger charge is -2.32. The summed E-state index contributed by atoms with van der Waals surface area (Å²) in [5.41, 5.74) is 0.969. The van der Waals surface area contributed by atoms with Gasteiger partial charge in [0.25, 0.3) is 0 Å². The zero-order valence-corrected chi connectivity index (χ0v) is 15.8. The summed E-state index contributed by atoms with van der Waals surface area (Å²) in [5.74, 6) is 1.01. The Bertz CT molecular complexity index is 758. The second-order valence-corrected chi connectivity index (χ2v) is 7.40. The fraction of sp³-hybridized carbons (Fsp3) is 0.400. The second-order valence-electron chi connectivity index (χ2n) is 7.40. The van der Waals surface area contributed by atoms with Crippen LogP contribution in [0.1, 0.15) is 33.3 Å². The molecule has 2 aromatic carbocycles. The molecule has 0 radical (unpaired) electrons.